The molecule has 0 saturated carbocycles. The van der Waals surface area contributed by atoms with E-state index in [4.69, 9.17) is 16.3 Å². The lowest BCUT2D eigenvalue weighted by Crippen LogP contribution is -2.22. The third-order valence-electron chi connectivity index (χ3n) is 2.81. The third kappa shape index (κ3) is 3.08. The number of rotatable bonds is 5. The Morgan fingerprint density at radius 3 is 2.74 bits per heavy atom. The minimum absolute atomic E-state index is 0.211. The normalized spacial score (nSPS) is 12.4. The number of benzene rings is 1. The molecule has 102 valence electrons. The zero-order valence-corrected chi connectivity index (χ0v) is 12.3. The van der Waals surface area contributed by atoms with Crippen LogP contribution in [0, 0.1) is 5.82 Å². The van der Waals surface area contributed by atoms with E-state index in [1.165, 1.54) is 18.4 Å². The number of ether oxygens (including phenoxy) is 1. The molecule has 0 bridgehead atoms. The molecule has 0 saturated heterocycles. The molecule has 5 heteroatoms. The van der Waals surface area contributed by atoms with Crippen molar-refractivity contribution in [2.75, 3.05) is 13.7 Å². The predicted molar refractivity (Wildman–Crippen MR) is 77.8 cm³/mol. The molecule has 0 fully saturated rings. The Kier molecular flexibility index (Phi) is 4.80. The van der Waals surface area contributed by atoms with Gasteiger partial charge >= 0.3 is 0 Å². The first kappa shape index (κ1) is 14.3. The van der Waals surface area contributed by atoms with Gasteiger partial charge in [-0.15, -0.1) is 11.3 Å². The van der Waals surface area contributed by atoms with Crippen LogP contribution >= 0.6 is 22.9 Å². The average Bonchev–Trinajstić information content (AvgIpc) is 2.83. The van der Waals surface area contributed by atoms with Crippen LogP contribution in [0.15, 0.2) is 30.3 Å². The molecular formula is C14H15ClFNOS. The van der Waals surface area contributed by atoms with Crippen LogP contribution in [0.4, 0.5) is 4.39 Å². The zero-order chi connectivity index (χ0) is 13.8. The highest BCUT2D eigenvalue weighted by atomic mass is 35.5. The summed E-state index contributed by atoms with van der Waals surface area (Å²) in [6.45, 7) is 2.72. The second-order valence-corrected chi connectivity index (χ2v) is 5.74. The summed E-state index contributed by atoms with van der Waals surface area (Å²) < 4.78 is 20.1. The van der Waals surface area contributed by atoms with Gasteiger partial charge in [-0.25, -0.2) is 4.39 Å². The number of hydrogen-bond donors (Lipinski definition) is 1. The van der Waals surface area contributed by atoms with Crippen molar-refractivity contribution in [1.29, 1.82) is 0 Å². The van der Waals surface area contributed by atoms with E-state index in [-0.39, 0.29) is 17.6 Å². The van der Waals surface area contributed by atoms with Crippen LogP contribution in [-0.2, 0) is 0 Å². The maximum Gasteiger partial charge on any atom is 0.170 e. The lowest BCUT2D eigenvalue weighted by atomic mass is 10.0. The second-order valence-electron chi connectivity index (χ2n) is 4.00. The third-order valence-corrected chi connectivity index (χ3v) is 4.11. The first-order valence-electron chi connectivity index (χ1n) is 5.98. The van der Waals surface area contributed by atoms with Gasteiger partial charge in [0.2, 0.25) is 0 Å². The van der Waals surface area contributed by atoms with Crippen molar-refractivity contribution in [2.45, 2.75) is 13.0 Å². The van der Waals surface area contributed by atoms with E-state index in [0.29, 0.717) is 9.90 Å². The van der Waals surface area contributed by atoms with Gasteiger partial charge < -0.3 is 10.1 Å². The van der Waals surface area contributed by atoms with Gasteiger partial charge in [0.1, 0.15) is 0 Å². The van der Waals surface area contributed by atoms with Gasteiger partial charge in [0.15, 0.2) is 11.6 Å². The molecule has 2 nitrogen and oxygen atoms in total. The Morgan fingerprint density at radius 1 is 1.37 bits per heavy atom. The van der Waals surface area contributed by atoms with Gasteiger partial charge in [-0.05, 0) is 24.7 Å². The molecule has 1 N–H and O–H groups in total. The summed E-state index contributed by atoms with van der Waals surface area (Å²) in [5.74, 6) is -0.0801. The summed E-state index contributed by atoms with van der Waals surface area (Å²) in [4.78, 5) is 0.985. The van der Waals surface area contributed by atoms with E-state index in [2.05, 4.69) is 5.32 Å². The molecule has 0 radical (unpaired) electrons. The zero-order valence-electron chi connectivity index (χ0n) is 10.7. The smallest absolute Gasteiger partial charge is 0.170 e. The molecule has 19 heavy (non-hydrogen) atoms. The Labute approximate surface area is 121 Å². The Morgan fingerprint density at radius 2 is 2.16 bits per heavy atom. The number of thiophene rings is 1. The quantitative estimate of drug-likeness (QED) is 0.891. The van der Waals surface area contributed by atoms with Crippen LogP contribution in [0.5, 0.6) is 5.75 Å². The Bertz CT molecular complexity index is 558. The second kappa shape index (κ2) is 6.37. The highest BCUT2D eigenvalue weighted by Gasteiger charge is 2.20. The maximum atomic E-state index is 14.3. The summed E-state index contributed by atoms with van der Waals surface area (Å²) >= 11 is 7.41. The molecule has 0 aliphatic carbocycles. The van der Waals surface area contributed by atoms with Crippen LogP contribution in [-0.4, -0.2) is 13.7 Å². The molecular weight excluding hydrogens is 285 g/mol. The van der Waals surface area contributed by atoms with Crippen LogP contribution in [0.2, 0.25) is 4.34 Å². The molecule has 0 aliphatic rings. The summed E-state index contributed by atoms with van der Waals surface area (Å²) in [7, 11) is 1.46. The largest absolute Gasteiger partial charge is 0.494 e. The summed E-state index contributed by atoms with van der Waals surface area (Å²) in [6.07, 6.45) is 0. The van der Waals surface area contributed by atoms with Crippen molar-refractivity contribution in [2.24, 2.45) is 0 Å². The maximum absolute atomic E-state index is 14.3. The fourth-order valence-corrected chi connectivity index (χ4v) is 3.12. The standard InChI is InChI=1S/C14H15ClFNOS/c1-3-17-14(11-7-8-12(15)19-11)9-5-4-6-10(18-2)13(9)16/h4-8,14,17H,3H2,1-2H3. The molecule has 2 aromatic rings. The number of hydrogen-bond acceptors (Lipinski definition) is 3. The van der Waals surface area contributed by atoms with Gasteiger partial charge in [0.25, 0.3) is 0 Å². The minimum atomic E-state index is -0.333. The van der Waals surface area contributed by atoms with E-state index in [9.17, 15) is 4.39 Å². The number of methoxy groups -OCH3 is 1. The Balaban J connectivity index is 2.44. The van der Waals surface area contributed by atoms with Crippen molar-refractivity contribution < 1.29 is 9.13 Å². The summed E-state index contributed by atoms with van der Waals surface area (Å²) in [5, 5.41) is 3.28. The average molecular weight is 300 g/mol. The van der Waals surface area contributed by atoms with Crippen LogP contribution in [0.3, 0.4) is 0 Å². The predicted octanol–water partition coefficient (Wildman–Crippen LogP) is 4.25. The van der Waals surface area contributed by atoms with E-state index in [0.717, 1.165) is 11.4 Å². The van der Waals surface area contributed by atoms with Gasteiger partial charge in [0.05, 0.1) is 17.5 Å². The van der Waals surface area contributed by atoms with Crippen molar-refractivity contribution in [3.8, 4) is 5.75 Å². The SMILES string of the molecule is CCNC(c1ccc(Cl)s1)c1cccc(OC)c1F. The lowest BCUT2D eigenvalue weighted by molar-refractivity contribution is 0.382. The fourth-order valence-electron chi connectivity index (χ4n) is 1.96. The van der Waals surface area contributed by atoms with Crippen molar-refractivity contribution in [3.05, 3.63) is 50.9 Å². The van der Waals surface area contributed by atoms with E-state index in [1.54, 1.807) is 18.2 Å². The van der Waals surface area contributed by atoms with Crippen molar-refractivity contribution in [3.63, 3.8) is 0 Å². The topological polar surface area (TPSA) is 21.3 Å². The molecule has 0 spiro atoms. The van der Waals surface area contributed by atoms with Crippen LogP contribution < -0.4 is 10.1 Å². The molecule has 0 aliphatic heterocycles. The van der Waals surface area contributed by atoms with E-state index >= 15 is 0 Å². The molecule has 1 aromatic carbocycles. The molecule has 1 aromatic heterocycles. The molecule has 2 rings (SSSR count). The summed E-state index contributed by atoms with van der Waals surface area (Å²) in [5.41, 5.74) is 0.569. The molecule has 1 atom stereocenters. The van der Waals surface area contributed by atoms with Crippen LogP contribution in [0.1, 0.15) is 23.4 Å². The molecule has 1 heterocycles. The first-order chi connectivity index (χ1) is 9.17. The number of halogens is 2. The van der Waals surface area contributed by atoms with E-state index in [1.807, 2.05) is 19.1 Å². The number of nitrogens with one attached hydrogen (secondary N) is 1. The van der Waals surface area contributed by atoms with Gasteiger partial charge in [-0.2, -0.15) is 0 Å². The van der Waals surface area contributed by atoms with Crippen molar-refractivity contribution in [1.82, 2.24) is 5.32 Å². The molecule has 1 unspecified atom stereocenters. The van der Waals surface area contributed by atoms with Crippen molar-refractivity contribution >= 4 is 22.9 Å². The fraction of sp³-hybridized carbons (Fsp3) is 0.286. The Hall–Kier alpha value is -1.10. The highest BCUT2D eigenvalue weighted by Crippen LogP contribution is 2.34. The summed E-state index contributed by atoms with van der Waals surface area (Å²) in [6, 6.07) is 8.69. The van der Waals surface area contributed by atoms with E-state index < -0.39 is 0 Å². The van der Waals surface area contributed by atoms with Gasteiger partial charge in [-0.1, -0.05) is 30.7 Å². The lowest BCUT2D eigenvalue weighted by Gasteiger charge is -2.18. The van der Waals surface area contributed by atoms with Gasteiger partial charge in [0, 0.05) is 10.4 Å². The minimum Gasteiger partial charge on any atom is -0.494 e. The van der Waals surface area contributed by atoms with Gasteiger partial charge in [-0.3, -0.25) is 0 Å². The van der Waals surface area contributed by atoms with Crippen LogP contribution in [0.25, 0.3) is 0 Å². The molecule has 0 amide bonds. The highest BCUT2D eigenvalue weighted by molar-refractivity contribution is 7.16. The first-order valence-corrected chi connectivity index (χ1v) is 7.17. The monoisotopic (exact) mass is 299 g/mol.